The number of ether oxygens (including phenoxy) is 1. The fourth-order valence-corrected chi connectivity index (χ4v) is 2.87. The summed E-state index contributed by atoms with van der Waals surface area (Å²) in [6.07, 6.45) is 1.04. The predicted molar refractivity (Wildman–Crippen MR) is 81.7 cm³/mol. The molecule has 0 aliphatic rings. The maximum absolute atomic E-state index is 5.72. The largest absolute Gasteiger partial charge is 0.496 e. The minimum absolute atomic E-state index is 0.396. The van der Waals surface area contributed by atoms with E-state index >= 15 is 0 Å². The minimum Gasteiger partial charge on any atom is -0.496 e. The van der Waals surface area contributed by atoms with Crippen LogP contribution in [0.3, 0.4) is 0 Å². The molecule has 0 saturated carbocycles. The lowest BCUT2D eigenvalue weighted by Crippen LogP contribution is -2.28. The first-order valence-electron chi connectivity index (χ1n) is 6.94. The van der Waals surface area contributed by atoms with Crippen LogP contribution in [0.1, 0.15) is 36.1 Å². The third-order valence-corrected chi connectivity index (χ3v) is 3.82. The number of methoxy groups -OCH3 is 1. The zero-order valence-corrected chi connectivity index (χ0v) is 13.2. The summed E-state index contributed by atoms with van der Waals surface area (Å²) in [4.78, 5) is 2.29. The van der Waals surface area contributed by atoms with Crippen LogP contribution in [-0.2, 0) is 0 Å². The molecule has 0 heterocycles. The number of rotatable bonds is 6. The van der Waals surface area contributed by atoms with Gasteiger partial charge in [0.15, 0.2) is 0 Å². The fourth-order valence-electron chi connectivity index (χ4n) is 2.87. The van der Waals surface area contributed by atoms with Crippen molar-refractivity contribution in [3.05, 3.63) is 28.8 Å². The molecule has 2 N–H and O–H groups in total. The molecule has 0 amide bonds. The fraction of sp³-hybridized carbons (Fsp3) is 0.625. The number of benzene rings is 1. The molecule has 0 aliphatic carbocycles. The topological polar surface area (TPSA) is 38.5 Å². The van der Waals surface area contributed by atoms with Gasteiger partial charge in [-0.25, -0.2) is 0 Å². The molecule has 1 rings (SSSR count). The van der Waals surface area contributed by atoms with Gasteiger partial charge in [0.25, 0.3) is 0 Å². The number of aryl methyl sites for hydroxylation is 2. The van der Waals surface area contributed by atoms with E-state index in [2.05, 4.69) is 51.9 Å². The van der Waals surface area contributed by atoms with Crippen molar-refractivity contribution in [2.45, 2.75) is 33.2 Å². The third kappa shape index (κ3) is 3.71. The molecular formula is C16H28N2O. The van der Waals surface area contributed by atoms with E-state index in [9.17, 15) is 0 Å². The van der Waals surface area contributed by atoms with Gasteiger partial charge in [-0.2, -0.15) is 0 Å². The molecule has 0 bridgehead atoms. The van der Waals surface area contributed by atoms with E-state index < -0.39 is 0 Å². The minimum atomic E-state index is 0.396. The Balaban J connectivity index is 3.19. The summed E-state index contributed by atoms with van der Waals surface area (Å²) in [5.74, 6) is 1.50. The monoisotopic (exact) mass is 264 g/mol. The molecule has 2 atom stereocenters. The van der Waals surface area contributed by atoms with Crippen molar-refractivity contribution in [2.75, 3.05) is 27.7 Å². The molecule has 3 nitrogen and oxygen atoms in total. The standard InChI is InChI=1S/C16H28N2O/c1-11(7-8-17)16(18(4)5)14-9-13(3)15(19-6)10-12(14)2/h9-11,16H,7-8,17H2,1-6H3. The average molecular weight is 264 g/mol. The Morgan fingerprint density at radius 3 is 2.32 bits per heavy atom. The van der Waals surface area contributed by atoms with Crippen molar-refractivity contribution < 1.29 is 4.74 Å². The molecule has 1 aromatic carbocycles. The first-order chi connectivity index (χ1) is 8.92. The van der Waals surface area contributed by atoms with E-state index in [-0.39, 0.29) is 0 Å². The Labute approximate surface area is 117 Å². The predicted octanol–water partition coefficient (Wildman–Crippen LogP) is 2.90. The van der Waals surface area contributed by atoms with Crippen LogP contribution in [0, 0.1) is 19.8 Å². The van der Waals surface area contributed by atoms with Gasteiger partial charge in [-0.05, 0) is 69.6 Å². The normalized spacial score (nSPS) is 14.5. The van der Waals surface area contributed by atoms with E-state index in [1.165, 1.54) is 16.7 Å². The summed E-state index contributed by atoms with van der Waals surface area (Å²) >= 11 is 0. The second-order valence-corrected chi connectivity index (χ2v) is 5.64. The molecule has 3 heteroatoms. The summed E-state index contributed by atoms with van der Waals surface area (Å²) in [6.45, 7) is 7.27. The molecule has 0 saturated heterocycles. The average Bonchev–Trinajstić information content (AvgIpc) is 2.33. The highest BCUT2D eigenvalue weighted by Gasteiger charge is 2.23. The number of nitrogens with zero attached hydrogens (tertiary/aromatic N) is 1. The van der Waals surface area contributed by atoms with Crippen LogP contribution < -0.4 is 10.5 Å². The smallest absolute Gasteiger partial charge is 0.122 e. The lowest BCUT2D eigenvalue weighted by Gasteiger charge is -2.32. The van der Waals surface area contributed by atoms with E-state index in [1.54, 1.807) is 7.11 Å². The van der Waals surface area contributed by atoms with Gasteiger partial charge >= 0.3 is 0 Å². The molecule has 2 unspecified atom stereocenters. The number of nitrogens with two attached hydrogens (primary N) is 1. The Morgan fingerprint density at radius 1 is 1.21 bits per heavy atom. The van der Waals surface area contributed by atoms with Crippen molar-refractivity contribution in [3.63, 3.8) is 0 Å². The zero-order valence-electron chi connectivity index (χ0n) is 13.2. The van der Waals surface area contributed by atoms with Crippen LogP contribution in [0.5, 0.6) is 5.75 Å². The van der Waals surface area contributed by atoms with E-state index in [0.717, 1.165) is 18.7 Å². The van der Waals surface area contributed by atoms with Gasteiger partial charge in [0.1, 0.15) is 5.75 Å². The Kier molecular flexibility index (Phi) is 5.83. The summed E-state index contributed by atoms with van der Waals surface area (Å²) < 4.78 is 5.40. The Bertz CT molecular complexity index is 415. The zero-order chi connectivity index (χ0) is 14.6. The lowest BCUT2D eigenvalue weighted by molar-refractivity contribution is 0.216. The third-order valence-electron chi connectivity index (χ3n) is 3.82. The summed E-state index contributed by atoms with van der Waals surface area (Å²) in [6, 6.07) is 4.79. The van der Waals surface area contributed by atoms with Crippen LogP contribution >= 0.6 is 0 Å². The van der Waals surface area contributed by atoms with E-state index in [4.69, 9.17) is 10.5 Å². The van der Waals surface area contributed by atoms with Crippen molar-refractivity contribution in [2.24, 2.45) is 11.7 Å². The highest BCUT2D eigenvalue weighted by atomic mass is 16.5. The SMILES string of the molecule is COc1cc(C)c(C(C(C)CCN)N(C)C)cc1C. The van der Waals surface area contributed by atoms with Crippen LogP contribution in [0.4, 0.5) is 0 Å². The second kappa shape index (κ2) is 6.92. The molecule has 0 spiro atoms. The molecule has 108 valence electrons. The van der Waals surface area contributed by atoms with Gasteiger partial charge in [-0.1, -0.05) is 13.0 Å². The molecule has 0 aromatic heterocycles. The Morgan fingerprint density at radius 2 is 1.84 bits per heavy atom. The van der Waals surface area contributed by atoms with E-state index in [0.29, 0.717) is 12.0 Å². The first kappa shape index (κ1) is 16.0. The summed E-state index contributed by atoms with van der Waals surface area (Å²) in [5.41, 5.74) is 9.57. The van der Waals surface area contributed by atoms with Crippen LogP contribution in [-0.4, -0.2) is 32.6 Å². The summed E-state index contributed by atoms with van der Waals surface area (Å²) in [7, 11) is 6.00. The first-order valence-corrected chi connectivity index (χ1v) is 6.94. The van der Waals surface area contributed by atoms with Gasteiger partial charge in [-0.3, -0.25) is 0 Å². The van der Waals surface area contributed by atoms with Crippen LogP contribution in [0.2, 0.25) is 0 Å². The highest BCUT2D eigenvalue weighted by molar-refractivity contribution is 5.43. The maximum Gasteiger partial charge on any atom is 0.122 e. The van der Waals surface area contributed by atoms with Gasteiger partial charge in [-0.15, -0.1) is 0 Å². The number of hydrogen-bond donors (Lipinski definition) is 1. The summed E-state index contributed by atoms with van der Waals surface area (Å²) in [5, 5.41) is 0. The molecule has 1 aromatic rings. The van der Waals surface area contributed by atoms with Crippen LogP contribution in [0.15, 0.2) is 12.1 Å². The molecule has 0 radical (unpaired) electrons. The highest BCUT2D eigenvalue weighted by Crippen LogP contribution is 2.34. The van der Waals surface area contributed by atoms with Crippen molar-refractivity contribution >= 4 is 0 Å². The van der Waals surface area contributed by atoms with E-state index in [1.807, 2.05) is 0 Å². The van der Waals surface area contributed by atoms with Crippen molar-refractivity contribution in [1.29, 1.82) is 0 Å². The van der Waals surface area contributed by atoms with Gasteiger partial charge in [0.05, 0.1) is 7.11 Å². The van der Waals surface area contributed by atoms with Gasteiger partial charge in [0, 0.05) is 6.04 Å². The molecule has 0 fully saturated rings. The molecule has 0 aliphatic heterocycles. The molecular weight excluding hydrogens is 236 g/mol. The van der Waals surface area contributed by atoms with Crippen LogP contribution in [0.25, 0.3) is 0 Å². The molecule has 19 heavy (non-hydrogen) atoms. The quantitative estimate of drug-likeness (QED) is 0.858. The van der Waals surface area contributed by atoms with Gasteiger partial charge < -0.3 is 15.4 Å². The second-order valence-electron chi connectivity index (χ2n) is 5.64. The Hall–Kier alpha value is -1.06. The van der Waals surface area contributed by atoms with Crippen molar-refractivity contribution in [3.8, 4) is 5.75 Å². The maximum atomic E-state index is 5.72. The lowest BCUT2D eigenvalue weighted by atomic mass is 9.87. The number of hydrogen-bond acceptors (Lipinski definition) is 3. The van der Waals surface area contributed by atoms with Gasteiger partial charge in [0.2, 0.25) is 0 Å². The van der Waals surface area contributed by atoms with Crippen molar-refractivity contribution in [1.82, 2.24) is 4.90 Å².